The average Bonchev–Trinajstić information content (AvgIpc) is 2.39. The normalized spacial score (nSPS) is 13.4. The van der Waals surface area contributed by atoms with Crippen molar-refractivity contribution in [1.29, 1.82) is 0 Å². The van der Waals surface area contributed by atoms with Gasteiger partial charge in [0, 0.05) is 10.2 Å². The molecular formula is C13H16BrClN2O3. The number of carboxylic acids is 1. The first-order valence-corrected chi connectivity index (χ1v) is 7.27. The van der Waals surface area contributed by atoms with Gasteiger partial charge in [-0.25, -0.2) is 9.59 Å². The SMILES string of the molecule is CCC(C)C(NC(=O)Nc1ccc(Cl)c(Br)c1)C(=O)O. The van der Waals surface area contributed by atoms with E-state index >= 15 is 0 Å². The zero-order valence-electron chi connectivity index (χ0n) is 11.1. The van der Waals surface area contributed by atoms with Crippen molar-refractivity contribution in [3.05, 3.63) is 27.7 Å². The third kappa shape index (κ3) is 4.68. The molecule has 0 aliphatic carbocycles. The lowest BCUT2D eigenvalue weighted by molar-refractivity contribution is -0.140. The van der Waals surface area contributed by atoms with Gasteiger partial charge in [0.25, 0.3) is 0 Å². The predicted octanol–water partition coefficient (Wildman–Crippen LogP) is 3.72. The zero-order chi connectivity index (χ0) is 15.3. The van der Waals surface area contributed by atoms with Crippen molar-refractivity contribution in [2.45, 2.75) is 26.3 Å². The molecule has 110 valence electrons. The maximum Gasteiger partial charge on any atom is 0.326 e. The van der Waals surface area contributed by atoms with Crippen LogP contribution in [0.5, 0.6) is 0 Å². The average molecular weight is 364 g/mol. The molecule has 20 heavy (non-hydrogen) atoms. The second-order valence-electron chi connectivity index (χ2n) is 4.43. The number of amides is 2. The first-order valence-electron chi connectivity index (χ1n) is 6.10. The Hall–Kier alpha value is -1.27. The topological polar surface area (TPSA) is 78.4 Å². The van der Waals surface area contributed by atoms with Crippen LogP contribution in [0.4, 0.5) is 10.5 Å². The van der Waals surface area contributed by atoms with Crippen LogP contribution in [0.3, 0.4) is 0 Å². The van der Waals surface area contributed by atoms with E-state index in [-0.39, 0.29) is 5.92 Å². The van der Waals surface area contributed by atoms with Gasteiger partial charge < -0.3 is 15.7 Å². The molecule has 7 heteroatoms. The van der Waals surface area contributed by atoms with Crippen LogP contribution in [0, 0.1) is 5.92 Å². The number of benzene rings is 1. The van der Waals surface area contributed by atoms with E-state index < -0.39 is 18.0 Å². The lowest BCUT2D eigenvalue weighted by Crippen LogP contribution is -2.46. The van der Waals surface area contributed by atoms with Crippen LogP contribution < -0.4 is 10.6 Å². The largest absolute Gasteiger partial charge is 0.480 e. The Morgan fingerprint density at radius 2 is 2.10 bits per heavy atom. The number of carboxylic acid groups (broad SMARTS) is 1. The number of nitrogens with one attached hydrogen (secondary N) is 2. The van der Waals surface area contributed by atoms with Gasteiger partial charge in [0.15, 0.2) is 0 Å². The van der Waals surface area contributed by atoms with Crippen LogP contribution in [0.15, 0.2) is 22.7 Å². The summed E-state index contributed by atoms with van der Waals surface area (Å²) >= 11 is 9.10. The lowest BCUT2D eigenvalue weighted by Gasteiger charge is -2.20. The third-order valence-corrected chi connectivity index (χ3v) is 4.16. The molecule has 2 amide bonds. The number of aliphatic carboxylic acids is 1. The number of hydrogen-bond acceptors (Lipinski definition) is 2. The van der Waals surface area contributed by atoms with Gasteiger partial charge in [-0.1, -0.05) is 31.9 Å². The number of carbonyl (C=O) groups excluding carboxylic acids is 1. The van der Waals surface area contributed by atoms with Gasteiger partial charge in [0.05, 0.1) is 5.02 Å². The molecule has 0 aliphatic heterocycles. The first kappa shape index (κ1) is 16.8. The zero-order valence-corrected chi connectivity index (χ0v) is 13.5. The molecule has 0 fully saturated rings. The molecule has 0 saturated heterocycles. The fraction of sp³-hybridized carbons (Fsp3) is 0.385. The standard InChI is InChI=1S/C13H16BrClN2O3/c1-3-7(2)11(12(18)19)17-13(20)16-8-4-5-10(15)9(14)6-8/h4-7,11H,3H2,1-2H3,(H,18,19)(H2,16,17,20). The Morgan fingerprint density at radius 3 is 2.60 bits per heavy atom. The van der Waals surface area contributed by atoms with Gasteiger partial charge in [-0.3, -0.25) is 0 Å². The van der Waals surface area contributed by atoms with E-state index in [9.17, 15) is 9.59 Å². The molecule has 1 aromatic rings. The number of rotatable bonds is 5. The minimum Gasteiger partial charge on any atom is -0.480 e. The van der Waals surface area contributed by atoms with Gasteiger partial charge in [-0.15, -0.1) is 0 Å². The van der Waals surface area contributed by atoms with E-state index in [2.05, 4.69) is 26.6 Å². The second-order valence-corrected chi connectivity index (χ2v) is 5.69. The van der Waals surface area contributed by atoms with Crippen molar-refractivity contribution in [2.24, 2.45) is 5.92 Å². The van der Waals surface area contributed by atoms with E-state index in [0.717, 1.165) is 0 Å². The van der Waals surface area contributed by atoms with Gasteiger partial charge in [0.1, 0.15) is 6.04 Å². The minimum atomic E-state index is -1.05. The van der Waals surface area contributed by atoms with Gasteiger partial charge >= 0.3 is 12.0 Å². The summed E-state index contributed by atoms with van der Waals surface area (Å²) in [5.41, 5.74) is 0.520. The molecule has 0 aliphatic rings. The van der Waals surface area contributed by atoms with Crippen LogP contribution >= 0.6 is 27.5 Å². The Labute approximate surface area is 130 Å². The summed E-state index contributed by atoms with van der Waals surface area (Å²) in [6, 6.07) is 3.42. The number of anilines is 1. The predicted molar refractivity (Wildman–Crippen MR) is 82.2 cm³/mol. The summed E-state index contributed by atoms with van der Waals surface area (Å²) in [5.74, 6) is -1.21. The molecule has 0 aromatic heterocycles. The van der Waals surface area contributed by atoms with E-state index in [1.165, 1.54) is 0 Å². The van der Waals surface area contributed by atoms with Crippen molar-refractivity contribution < 1.29 is 14.7 Å². The van der Waals surface area contributed by atoms with Gasteiger partial charge in [-0.2, -0.15) is 0 Å². The highest BCUT2D eigenvalue weighted by atomic mass is 79.9. The van der Waals surface area contributed by atoms with E-state index in [1.54, 1.807) is 25.1 Å². The van der Waals surface area contributed by atoms with Crippen molar-refractivity contribution in [1.82, 2.24) is 5.32 Å². The number of carbonyl (C=O) groups is 2. The molecule has 2 atom stereocenters. The Kier molecular flexibility index (Phi) is 6.29. The Balaban J connectivity index is 2.70. The highest BCUT2D eigenvalue weighted by Crippen LogP contribution is 2.25. The van der Waals surface area contributed by atoms with Crippen LogP contribution in [0.25, 0.3) is 0 Å². The van der Waals surface area contributed by atoms with E-state index in [0.29, 0.717) is 21.6 Å². The molecule has 1 rings (SSSR count). The van der Waals surface area contributed by atoms with Crippen LogP contribution in [0.1, 0.15) is 20.3 Å². The molecule has 3 N–H and O–H groups in total. The van der Waals surface area contributed by atoms with Crippen LogP contribution in [-0.4, -0.2) is 23.1 Å². The monoisotopic (exact) mass is 362 g/mol. The molecule has 0 spiro atoms. The summed E-state index contributed by atoms with van der Waals surface area (Å²) in [6.07, 6.45) is 0.656. The second kappa shape index (κ2) is 7.50. The highest BCUT2D eigenvalue weighted by molar-refractivity contribution is 9.10. The summed E-state index contributed by atoms with van der Waals surface area (Å²) in [6.45, 7) is 3.65. The minimum absolute atomic E-state index is 0.157. The molecular weight excluding hydrogens is 348 g/mol. The third-order valence-electron chi connectivity index (χ3n) is 2.94. The van der Waals surface area contributed by atoms with Crippen molar-refractivity contribution in [3.63, 3.8) is 0 Å². The summed E-state index contributed by atoms with van der Waals surface area (Å²) in [4.78, 5) is 22.9. The molecule has 1 aromatic carbocycles. The van der Waals surface area contributed by atoms with Crippen molar-refractivity contribution in [2.75, 3.05) is 5.32 Å². The first-order chi connectivity index (χ1) is 9.35. The maximum absolute atomic E-state index is 11.8. The van der Waals surface area contributed by atoms with E-state index in [1.807, 2.05) is 6.92 Å². The maximum atomic E-state index is 11.8. The quantitative estimate of drug-likeness (QED) is 0.746. The van der Waals surface area contributed by atoms with Gasteiger partial charge in [-0.05, 0) is 40.0 Å². The molecule has 2 unspecified atom stereocenters. The van der Waals surface area contributed by atoms with Crippen LogP contribution in [0.2, 0.25) is 5.02 Å². The van der Waals surface area contributed by atoms with Crippen molar-refractivity contribution in [3.8, 4) is 0 Å². The van der Waals surface area contributed by atoms with Crippen LogP contribution in [-0.2, 0) is 4.79 Å². The number of urea groups is 1. The molecule has 0 heterocycles. The lowest BCUT2D eigenvalue weighted by atomic mass is 9.99. The molecule has 0 radical (unpaired) electrons. The summed E-state index contributed by atoms with van der Waals surface area (Å²) in [7, 11) is 0. The molecule has 0 bridgehead atoms. The number of hydrogen-bond donors (Lipinski definition) is 3. The smallest absolute Gasteiger partial charge is 0.326 e. The fourth-order valence-electron chi connectivity index (χ4n) is 1.57. The Bertz CT molecular complexity index is 510. The molecule has 0 saturated carbocycles. The summed E-state index contributed by atoms with van der Waals surface area (Å²) in [5, 5.41) is 14.7. The van der Waals surface area contributed by atoms with Crippen molar-refractivity contribution >= 4 is 45.2 Å². The number of halogens is 2. The Morgan fingerprint density at radius 1 is 1.45 bits per heavy atom. The van der Waals surface area contributed by atoms with E-state index in [4.69, 9.17) is 16.7 Å². The molecule has 5 nitrogen and oxygen atoms in total. The van der Waals surface area contributed by atoms with Gasteiger partial charge in [0.2, 0.25) is 0 Å². The fourth-order valence-corrected chi connectivity index (χ4v) is 2.06. The summed E-state index contributed by atoms with van der Waals surface area (Å²) < 4.78 is 0.647. The highest BCUT2D eigenvalue weighted by Gasteiger charge is 2.25.